The van der Waals surface area contributed by atoms with Crippen molar-refractivity contribution in [3.63, 3.8) is 0 Å². The van der Waals surface area contributed by atoms with Gasteiger partial charge in [-0.2, -0.15) is 0 Å². The Hall–Kier alpha value is -1.97. The summed E-state index contributed by atoms with van der Waals surface area (Å²) in [6, 6.07) is 0. The van der Waals surface area contributed by atoms with Crippen LogP contribution < -0.4 is 0 Å². The molecule has 0 aliphatic heterocycles. The van der Waals surface area contributed by atoms with Crippen molar-refractivity contribution < 1.29 is 42.9 Å². The van der Waals surface area contributed by atoms with Crippen LogP contribution in [0.3, 0.4) is 0 Å². The number of carbonyl (C=O) groups is 3. The molecule has 0 rings (SSSR count). The van der Waals surface area contributed by atoms with Gasteiger partial charge in [-0.15, -0.1) is 0 Å². The highest BCUT2D eigenvalue weighted by Crippen LogP contribution is 2.16. The maximum atomic E-state index is 12.8. The molecule has 348 valence electrons. The monoisotopic (exact) mass is 839 g/mol. The predicted octanol–water partition coefficient (Wildman–Crippen LogP) is 13.5. The number of likely N-dealkylation sites (N-methyl/N-ethyl adjacent to an activating group) is 1. The van der Waals surface area contributed by atoms with E-state index < -0.39 is 24.3 Å². The average molecular weight is 839 g/mol. The fourth-order valence-corrected chi connectivity index (χ4v) is 7.13. The van der Waals surface area contributed by atoms with Gasteiger partial charge in [-0.05, 0) is 38.5 Å². The summed E-state index contributed by atoms with van der Waals surface area (Å²) in [5.74, 6) is -1.99. The molecule has 0 amide bonds. The van der Waals surface area contributed by atoms with Crippen LogP contribution in [0.15, 0.2) is 12.2 Å². The van der Waals surface area contributed by atoms with Crippen molar-refractivity contribution in [2.24, 2.45) is 0 Å². The zero-order valence-electron chi connectivity index (χ0n) is 39.4. The fraction of sp³-hybridized carbons (Fsp3) is 0.900. The number of hydrogen-bond acceptors (Lipinski definition) is 7. The minimum Gasteiger partial charge on any atom is -0.477 e. The van der Waals surface area contributed by atoms with E-state index in [-0.39, 0.29) is 32.2 Å². The first-order valence-electron chi connectivity index (χ1n) is 24.9. The lowest BCUT2D eigenvalue weighted by Crippen LogP contribution is -2.40. The number of carbonyl (C=O) groups excluding carboxylic acids is 2. The Morgan fingerprint density at radius 2 is 0.864 bits per heavy atom. The minimum absolute atomic E-state index is 0.176. The Morgan fingerprint density at radius 1 is 0.492 bits per heavy atom. The van der Waals surface area contributed by atoms with Crippen molar-refractivity contribution in [3.8, 4) is 0 Å². The van der Waals surface area contributed by atoms with Gasteiger partial charge in [-0.25, -0.2) is 4.79 Å². The molecule has 0 fully saturated rings. The first-order chi connectivity index (χ1) is 28.6. The summed E-state index contributed by atoms with van der Waals surface area (Å²) < 4.78 is 22.8. The molecule has 0 bridgehead atoms. The Morgan fingerprint density at radius 3 is 1.25 bits per heavy atom. The normalized spacial score (nSPS) is 12.9. The van der Waals surface area contributed by atoms with Gasteiger partial charge >= 0.3 is 17.9 Å². The first kappa shape index (κ1) is 57.0. The van der Waals surface area contributed by atoms with Crippen molar-refractivity contribution in [1.82, 2.24) is 0 Å². The number of carboxylic acids is 1. The summed E-state index contributed by atoms with van der Waals surface area (Å²) in [7, 11) is 5.96. The molecule has 0 saturated carbocycles. The van der Waals surface area contributed by atoms with E-state index in [1.54, 1.807) is 0 Å². The third-order valence-electron chi connectivity index (χ3n) is 11.0. The molecule has 9 heteroatoms. The summed E-state index contributed by atoms with van der Waals surface area (Å²) in [5, 5.41) is 9.64. The van der Waals surface area contributed by atoms with Crippen LogP contribution in [0.2, 0.25) is 0 Å². The molecule has 1 N–H and O–H groups in total. The number of unbranched alkanes of at least 4 members (excludes halogenated alkanes) is 29. The molecule has 0 saturated heterocycles. The molecule has 0 aromatic carbocycles. The zero-order valence-corrected chi connectivity index (χ0v) is 39.4. The van der Waals surface area contributed by atoms with Crippen LogP contribution >= 0.6 is 0 Å². The van der Waals surface area contributed by atoms with E-state index in [0.717, 1.165) is 38.5 Å². The van der Waals surface area contributed by atoms with Gasteiger partial charge in [0.15, 0.2) is 6.10 Å². The van der Waals surface area contributed by atoms with E-state index >= 15 is 0 Å². The van der Waals surface area contributed by atoms with E-state index in [0.29, 0.717) is 17.4 Å². The molecule has 0 heterocycles. The third kappa shape index (κ3) is 43.9. The van der Waals surface area contributed by atoms with E-state index in [1.807, 2.05) is 21.1 Å². The standard InChI is InChI=1S/C50H95NO8/c1-6-8-10-12-14-16-18-19-20-21-22-23-24-25-26-27-28-29-31-33-35-37-39-41-48(53)59-46(45-58-50(49(54)55)56-43-42-51(3,4)5)44-57-47(52)40-38-36-34-32-30-17-15-13-11-9-7-2/h21-22,46,50H,6-20,23-45H2,1-5H3/p+1/b22-21-. The van der Waals surface area contributed by atoms with Gasteiger partial charge in [0.25, 0.3) is 6.29 Å². The first-order valence-corrected chi connectivity index (χ1v) is 24.9. The molecule has 0 radical (unpaired) electrons. The highest BCUT2D eigenvalue weighted by Gasteiger charge is 2.25. The number of hydrogen-bond donors (Lipinski definition) is 1. The second-order valence-electron chi connectivity index (χ2n) is 18.1. The predicted molar refractivity (Wildman–Crippen MR) is 245 cm³/mol. The van der Waals surface area contributed by atoms with Gasteiger partial charge < -0.3 is 28.5 Å². The molecular formula is C50H96NO8+. The van der Waals surface area contributed by atoms with Gasteiger partial charge in [-0.3, -0.25) is 9.59 Å². The number of nitrogens with zero attached hydrogens (tertiary/aromatic N) is 1. The minimum atomic E-state index is -1.50. The lowest BCUT2D eigenvalue weighted by atomic mass is 10.0. The van der Waals surface area contributed by atoms with E-state index in [9.17, 15) is 19.5 Å². The Kier molecular flexibility index (Phi) is 41.3. The smallest absolute Gasteiger partial charge is 0.361 e. The van der Waals surface area contributed by atoms with Crippen LogP contribution in [0.25, 0.3) is 0 Å². The summed E-state index contributed by atoms with van der Waals surface area (Å²) in [6.45, 7) is 4.89. The lowest BCUT2D eigenvalue weighted by molar-refractivity contribution is -0.870. The molecule has 0 spiro atoms. The van der Waals surface area contributed by atoms with Crippen LogP contribution in [0.1, 0.15) is 232 Å². The van der Waals surface area contributed by atoms with Crippen LogP contribution in [0, 0.1) is 0 Å². The molecule has 59 heavy (non-hydrogen) atoms. The molecule has 9 nitrogen and oxygen atoms in total. The van der Waals surface area contributed by atoms with Gasteiger partial charge in [0, 0.05) is 12.8 Å². The van der Waals surface area contributed by atoms with Crippen molar-refractivity contribution >= 4 is 17.9 Å². The van der Waals surface area contributed by atoms with Crippen molar-refractivity contribution in [1.29, 1.82) is 0 Å². The van der Waals surface area contributed by atoms with Gasteiger partial charge in [0.1, 0.15) is 13.2 Å². The number of allylic oxidation sites excluding steroid dienone is 2. The summed E-state index contributed by atoms with van der Waals surface area (Å²) >= 11 is 0. The van der Waals surface area contributed by atoms with Gasteiger partial charge in [0.05, 0.1) is 34.4 Å². The van der Waals surface area contributed by atoms with Crippen LogP contribution in [-0.2, 0) is 33.3 Å². The second kappa shape index (κ2) is 42.7. The highest BCUT2D eigenvalue weighted by atomic mass is 16.7. The highest BCUT2D eigenvalue weighted by molar-refractivity contribution is 5.71. The molecule has 2 unspecified atom stereocenters. The van der Waals surface area contributed by atoms with Crippen LogP contribution in [0.4, 0.5) is 0 Å². The average Bonchev–Trinajstić information content (AvgIpc) is 3.19. The third-order valence-corrected chi connectivity index (χ3v) is 11.0. The van der Waals surface area contributed by atoms with Crippen LogP contribution in [-0.4, -0.2) is 87.4 Å². The maximum Gasteiger partial charge on any atom is 0.361 e. The largest absolute Gasteiger partial charge is 0.477 e. The van der Waals surface area contributed by atoms with Gasteiger partial charge in [0.2, 0.25) is 0 Å². The molecule has 0 aromatic heterocycles. The van der Waals surface area contributed by atoms with Crippen molar-refractivity contribution in [3.05, 3.63) is 12.2 Å². The van der Waals surface area contributed by atoms with Crippen molar-refractivity contribution in [2.45, 2.75) is 245 Å². The fourth-order valence-electron chi connectivity index (χ4n) is 7.13. The quantitative estimate of drug-likeness (QED) is 0.0212. The van der Waals surface area contributed by atoms with E-state index in [1.165, 1.54) is 167 Å². The Labute approximate surface area is 364 Å². The Balaban J connectivity index is 4.25. The SMILES string of the molecule is CCCCCCCCCC/C=C\CCCCCCCCCCCCCC(=O)OC(COC(=O)CCCCCCCCCCCCC)COC(OCC[N+](C)(C)C)C(=O)O. The Bertz CT molecular complexity index is 980. The van der Waals surface area contributed by atoms with Crippen LogP contribution in [0.5, 0.6) is 0 Å². The number of esters is 2. The zero-order chi connectivity index (χ0) is 43.5. The summed E-state index contributed by atoms with van der Waals surface area (Å²) in [4.78, 5) is 37.1. The van der Waals surface area contributed by atoms with E-state index in [4.69, 9.17) is 18.9 Å². The molecule has 0 aliphatic carbocycles. The second-order valence-corrected chi connectivity index (χ2v) is 18.1. The number of quaternary nitrogens is 1. The maximum absolute atomic E-state index is 12.8. The number of rotatable bonds is 46. The molecule has 0 aliphatic rings. The van der Waals surface area contributed by atoms with Crippen molar-refractivity contribution in [2.75, 3.05) is 47.5 Å². The number of aliphatic carboxylic acids is 1. The number of ether oxygens (including phenoxy) is 4. The molecule has 2 atom stereocenters. The summed E-state index contributed by atoms with van der Waals surface area (Å²) in [5.41, 5.74) is 0. The molecular weight excluding hydrogens is 743 g/mol. The lowest BCUT2D eigenvalue weighted by Gasteiger charge is -2.25. The number of carboxylic acid groups (broad SMARTS) is 1. The topological polar surface area (TPSA) is 108 Å². The van der Waals surface area contributed by atoms with Gasteiger partial charge in [-0.1, -0.05) is 193 Å². The summed E-state index contributed by atoms with van der Waals surface area (Å²) in [6.07, 6.45) is 42.8. The van der Waals surface area contributed by atoms with E-state index in [2.05, 4.69) is 26.0 Å². The molecule has 0 aromatic rings.